The Morgan fingerprint density at radius 3 is 2.52 bits per heavy atom. The quantitative estimate of drug-likeness (QED) is 0.622. The summed E-state index contributed by atoms with van der Waals surface area (Å²) in [6.07, 6.45) is -4.55. The molecule has 3 aromatic rings. The number of H-pyrrole nitrogens is 1. The van der Waals surface area contributed by atoms with Crippen molar-refractivity contribution in [3.8, 4) is 23.2 Å². The largest absolute Gasteiger partial charge is 0.420 e. The fraction of sp³-hybridized carbons (Fsp3) is 0.100. The van der Waals surface area contributed by atoms with Crippen LogP contribution in [0, 0.1) is 17.1 Å². The van der Waals surface area contributed by atoms with E-state index in [-0.39, 0.29) is 22.9 Å². The average Bonchev–Trinajstić information content (AvgIpc) is 3.10. The molecular weight excluding hydrogens is 388 g/mol. The highest BCUT2D eigenvalue weighted by Crippen LogP contribution is 2.46. The zero-order valence-electron chi connectivity index (χ0n) is 14.6. The summed E-state index contributed by atoms with van der Waals surface area (Å²) >= 11 is 0. The maximum Gasteiger partial charge on any atom is 0.416 e. The standard InChI is InChI=1S/C20H12F4N4O/c21-13-6-4-10(5-7-13)17-16-15(11-2-1-3-12(8-11)20(22,23)24)14(9-25)18(26)29-19(16)28-27-17/h1-8,15H,26H2,(H,27,28)/t15-/m1/s1. The summed E-state index contributed by atoms with van der Waals surface area (Å²) in [6.45, 7) is 0. The van der Waals surface area contributed by atoms with E-state index in [4.69, 9.17) is 10.5 Å². The van der Waals surface area contributed by atoms with Crippen LogP contribution in [0.2, 0.25) is 0 Å². The van der Waals surface area contributed by atoms with E-state index in [2.05, 4.69) is 10.2 Å². The Labute approximate surface area is 162 Å². The summed E-state index contributed by atoms with van der Waals surface area (Å²) in [5.74, 6) is -1.58. The molecule has 9 heteroatoms. The smallest absolute Gasteiger partial charge is 0.416 e. The van der Waals surface area contributed by atoms with Gasteiger partial charge in [0.1, 0.15) is 17.5 Å². The number of hydrogen-bond donors (Lipinski definition) is 2. The molecule has 0 spiro atoms. The van der Waals surface area contributed by atoms with E-state index >= 15 is 0 Å². The molecule has 146 valence electrons. The topological polar surface area (TPSA) is 87.7 Å². The van der Waals surface area contributed by atoms with Crippen molar-refractivity contribution < 1.29 is 22.3 Å². The molecule has 29 heavy (non-hydrogen) atoms. The lowest BCUT2D eigenvalue weighted by Crippen LogP contribution is -2.21. The number of aromatic amines is 1. The number of nitriles is 1. The van der Waals surface area contributed by atoms with Crippen molar-refractivity contribution in [1.82, 2.24) is 10.2 Å². The van der Waals surface area contributed by atoms with E-state index in [1.54, 1.807) is 0 Å². The van der Waals surface area contributed by atoms with E-state index in [9.17, 15) is 22.8 Å². The summed E-state index contributed by atoms with van der Waals surface area (Å²) in [5.41, 5.74) is 6.41. The Kier molecular flexibility index (Phi) is 4.27. The first-order valence-electron chi connectivity index (χ1n) is 8.38. The molecule has 2 aromatic carbocycles. The van der Waals surface area contributed by atoms with E-state index in [1.807, 2.05) is 6.07 Å². The van der Waals surface area contributed by atoms with Crippen LogP contribution in [0.5, 0.6) is 5.88 Å². The van der Waals surface area contributed by atoms with Gasteiger partial charge in [0.25, 0.3) is 0 Å². The third-order valence-electron chi connectivity index (χ3n) is 4.62. The number of halogens is 4. The highest BCUT2D eigenvalue weighted by Gasteiger charge is 2.37. The predicted molar refractivity (Wildman–Crippen MR) is 94.7 cm³/mol. The molecule has 3 N–H and O–H groups in total. The monoisotopic (exact) mass is 400 g/mol. The van der Waals surface area contributed by atoms with Crippen molar-refractivity contribution in [1.29, 1.82) is 5.26 Å². The second-order valence-corrected chi connectivity index (χ2v) is 6.37. The van der Waals surface area contributed by atoms with Crippen LogP contribution in [0.15, 0.2) is 60.0 Å². The van der Waals surface area contributed by atoms with Gasteiger partial charge in [0, 0.05) is 5.56 Å². The molecule has 0 amide bonds. The molecule has 0 saturated carbocycles. The Morgan fingerprint density at radius 2 is 1.86 bits per heavy atom. The lowest BCUT2D eigenvalue weighted by atomic mass is 9.82. The molecule has 1 aromatic heterocycles. The van der Waals surface area contributed by atoms with Crippen molar-refractivity contribution in [3.05, 3.63) is 82.5 Å². The average molecular weight is 400 g/mol. The first kappa shape index (κ1) is 18.6. The lowest BCUT2D eigenvalue weighted by Gasteiger charge is -2.24. The summed E-state index contributed by atoms with van der Waals surface area (Å²) in [5, 5.41) is 16.4. The zero-order valence-corrected chi connectivity index (χ0v) is 14.6. The van der Waals surface area contributed by atoms with Crippen LogP contribution < -0.4 is 10.5 Å². The Morgan fingerprint density at radius 1 is 1.14 bits per heavy atom. The molecule has 0 fully saturated rings. The number of rotatable bonds is 2. The van der Waals surface area contributed by atoms with Gasteiger partial charge in [-0.15, -0.1) is 5.10 Å². The van der Waals surface area contributed by atoms with Gasteiger partial charge in [0.15, 0.2) is 0 Å². The van der Waals surface area contributed by atoms with Crippen LogP contribution in [-0.2, 0) is 6.18 Å². The fourth-order valence-corrected chi connectivity index (χ4v) is 3.31. The molecule has 0 unspecified atom stereocenters. The van der Waals surface area contributed by atoms with Crippen LogP contribution in [0.25, 0.3) is 11.3 Å². The number of ether oxygens (including phenoxy) is 1. The number of nitrogens with two attached hydrogens (primary N) is 1. The van der Waals surface area contributed by atoms with Crippen LogP contribution >= 0.6 is 0 Å². The first-order chi connectivity index (χ1) is 13.8. The molecule has 0 aliphatic carbocycles. The molecule has 1 atom stereocenters. The molecule has 4 rings (SSSR count). The number of alkyl halides is 3. The van der Waals surface area contributed by atoms with Crippen LogP contribution in [0.1, 0.15) is 22.6 Å². The van der Waals surface area contributed by atoms with Crippen molar-refractivity contribution in [2.75, 3.05) is 0 Å². The highest BCUT2D eigenvalue weighted by molar-refractivity contribution is 5.70. The van der Waals surface area contributed by atoms with Gasteiger partial charge in [-0.3, -0.25) is 5.10 Å². The lowest BCUT2D eigenvalue weighted by molar-refractivity contribution is -0.137. The Bertz CT molecular complexity index is 1160. The van der Waals surface area contributed by atoms with Crippen LogP contribution in [0.3, 0.4) is 0 Å². The molecule has 0 bridgehead atoms. The minimum atomic E-state index is -4.55. The van der Waals surface area contributed by atoms with Crippen molar-refractivity contribution in [2.45, 2.75) is 12.1 Å². The van der Waals surface area contributed by atoms with E-state index in [0.717, 1.165) is 12.1 Å². The molecule has 0 saturated heterocycles. The highest BCUT2D eigenvalue weighted by atomic mass is 19.4. The van der Waals surface area contributed by atoms with E-state index < -0.39 is 23.5 Å². The maximum absolute atomic E-state index is 13.3. The second kappa shape index (κ2) is 6.67. The van der Waals surface area contributed by atoms with Gasteiger partial charge in [-0.25, -0.2) is 4.39 Å². The van der Waals surface area contributed by atoms with Crippen LogP contribution in [-0.4, -0.2) is 10.2 Å². The number of aromatic nitrogens is 2. The Hall–Kier alpha value is -3.80. The predicted octanol–water partition coefficient (Wildman–Crippen LogP) is 4.45. The van der Waals surface area contributed by atoms with Gasteiger partial charge in [0.05, 0.1) is 22.7 Å². The van der Waals surface area contributed by atoms with Gasteiger partial charge >= 0.3 is 6.18 Å². The number of allylic oxidation sites excluding steroid dienone is 1. The van der Waals surface area contributed by atoms with Crippen LogP contribution in [0.4, 0.5) is 17.6 Å². The minimum absolute atomic E-state index is 0.0402. The molecule has 5 nitrogen and oxygen atoms in total. The molecule has 1 aliphatic rings. The number of nitrogens with one attached hydrogen (secondary N) is 1. The molecule has 1 aliphatic heterocycles. The van der Waals surface area contributed by atoms with Crippen molar-refractivity contribution >= 4 is 0 Å². The minimum Gasteiger partial charge on any atom is -0.420 e. The normalized spacial score (nSPS) is 16.2. The maximum atomic E-state index is 13.3. The van der Waals surface area contributed by atoms with E-state index in [1.165, 1.54) is 36.4 Å². The van der Waals surface area contributed by atoms with Crippen molar-refractivity contribution in [3.63, 3.8) is 0 Å². The summed E-state index contributed by atoms with van der Waals surface area (Å²) in [7, 11) is 0. The van der Waals surface area contributed by atoms with Gasteiger partial charge in [-0.2, -0.15) is 18.4 Å². The van der Waals surface area contributed by atoms with Gasteiger partial charge in [-0.1, -0.05) is 18.2 Å². The Balaban J connectivity index is 1.94. The third-order valence-corrected chi connectivity index (χ3v) is 4.62. The number of hydrogen-bond acceptors (Lipinski definition) is 4. The number of nitrogens with zero attached hydrogens (tertiary/aromatic N) is 2. The first-order valence-corrected chi connectivity index (χ1v) is 8.38. The molecule has 0 radical (unpaired) electrons. The SMILES string of the molecule is N#CC1=C(N)Oc2n[nH]c(-c3ccc(F)cc3)c2[C@@H]1c1cccc(C(F)(F)F)c1. The second-order valence-electron chi connectivity index (χ2n) is 6.37. The third kappa shape index (κ3) is 3.18. The zero-order chi connectivity index (χ0) is 20.8. The number of benzene rings is 2. The summed E-state index contributed by atoms with van der Waals surface area (Å²) < 4.78 is 58.4. The van der Waals surface area contributed by atoms with Gasteiger partial charge < -0.3 is 10.5 Å². The summed E-state index contributed by atoms with van der Waals surface area (Å²) in [4.78, 5) is 0. The molecule has 2 heterocycles. The summed E-state index contributed by atoms with van der Waals surface area (Å²) in [6, 6.07) is 12.0. The number of fused-ring (bicyclic) bond motifs is 1. The van der Waals surface area contributed by atoms with E-state index in [0.29, 0.717) is 16.8 Å². The van der Waals surface area contributed by atoms with Gasteiger partial charge in [0.2, 0.25) is 11.8 Å². The van der Waals surface area contributed by atoms with Crippen molar-refractivity contribution in [2.24, 2.45) is 5.73 Å². The molecular formula is C20H12F4N4O. The van der Waals surface area contributed by atoms with Gasteiger partial charge in [-0.05, 0) is 35.9 Å². The fourth-order valence-electron chi connectivity index (χ4n) is 3.31.